The van der Waals surface area contributed by atoms with E-state index in [4.69, 9.17) is 4.55 Å². The maximum Gasteiger partial charge on any atom is 0.264 e. The van der Waals surface area contributed by atoms with E-state index >= 15 is 0 Å². The first-order valence-corrected chi connectivity index (χ1v) is 16.1. The van der Waals surface area contributed by atoms with Crippen molar-refractivity contribution in [3.63, 3.8) is 0 Å². The minimum atomic E-state index is -3.67. The molecule has 0 bridgehead atoms. The van der Waals surface area contributed by atoms with Crippen LogP contribution in [0.25, 0.3) is 0 Å². The molecular weight excluding hydrogens is 454 g/mol. The van der Waals surface area contributed by atoms with Crippen molar-refractivity contribution in [2.45, 2.75) is 130 Å². The highest BCUT2D eigenvalue weighted by atomic mass is 32.2. The number of benzene rings is 1. The highest BCUT2D eigenvalue weighted by Crippen LogP contribution is 2.15. The van der Waals surface area contributed by atoms with Crippen LogP contribution in [0.3, 0.4) is 0 Å². The quantitative estimate of drug-likeness (QED) is 0.102. The monoisotopic (exact) mass is 512 g/mol. The Labute approximate surface area is 219 Å². The van der Waals surface area contributed by atoms with E-state index in [0.717, 1.165) is 11.0 Å². The Kier molecular flexibility index (Phi) is 21.7. The van der Waals surface area contributed by atoms with E-state index in [2.05, 4.69) is 51.4 Å². The molecule has 0 aliphatic carbocycles. The summed E-state index contributed by atoms with van der Waals surface area (Å²) in [6, 6.07) is 10.9. The second-order valence-electron chi connectivity index (χ2n) is 10.9. The third-order valence-corrected chi connectivity index (χ3v) is 7.46. The second kappa shape index (κ2) is 22.3. The van der Waals surface area contributed by atoms with Gasteiger partial charge >= 0.3 is 0 Å². The van der Waals surface area contributed by atoms with Crippen LogP contribution in [0, 0.1) is 0 Å². The molecule has 0 saturated carbocycles. The van der Waals surface area contributed by atoms with Crippen LogP contribution < -0.4 is 0 Å². The van der Waals surface area contributed by atoms with Crippen molar-refractivity contribution in [1.29, 1.82) is 0 Å². The molecular formula is C30H58NO3S+. The molecule has 0 fully saturated rings. The predicted octanol–water partition coefficient (Wildman–Crippen LogP) is 8.81. The molecule has 1 aromatic carbocycles. The van der Waals surface area contributed by atoms with Gasteiger partial charge < -0.3 is 4.48 Å². The van der Waals surface area contributed by atoms with Crippen molar-refractivity contribution in [2.24, 2.45) is 0 Å². The van der Waals surface area contributed by atoms with Crippen LogP contribution in [0.15, 0.2) is 30.3 Å². The largest absolute Gasteiger partial charge is 0.325 e. The molecule has 0 aromatic heterocycles. The SMILES string of the molecule is CCCCCCCCCCCCCCCCCC[N+](C)(C)Cc1ccccc1.CCCS(=O)(=O)O. The van der Waals surface area contributed by atoms with E-state index < -0.39 is 10.1 Å². The molecule has 0 aliphatic rings. The molecule has 1 aromatic rings. The number of nitrogens with zero attached hydrogens (tertiary/aromatic N) is 1. The van der Waals surface area contributed by atoms with Crippen LogP contribution in [0.1, 0.15) is 129 Å². The standard InChI is InChI=1S/C27H50N.C3H8O3S/c1-4-5-6-7-8-9-10-11-12-13-14-15-16-17-18-22-25-28(2,3)26-27-23-20-19-21-24-27;1-2-3-7(4,5)6/h19-21,23-24H,4-18,22,25-26H2,1-3H3;2-3H2,1H3,(H,4,5,6)/q+1;. The van der Waals surface area contributed by atoms with Crippen molar-refractivity contribution in [3.8, 4) is 0 Å². The van der Waals surface area contributed by atoms with Gasteiger partial charge in [-0.25, -0.2) is 0 Å². The van der Waals surface area contributed by atoms with Crippen molar-refractivity contribution in [1.82, 2.24) is 0 Å². The number of quaternary nitrogens is 1. The molecule has 4 nitrogen and oxygen atoms in total. The molecule has 0 heterocycles. The zero-order chi connectivity index (χ0) is 26.3. The average molecular weight is 513 g/mol. The van der Waals surface area contributed by atoms with Gasteiger partial charge in [0.2, 0.25) is 0 Å². The topological polar surface area (TPSA) is 54.4 Å². The lowest BCUT2D eigenvalue weighted by Crippen LogP contribution is -2.39. The van der Waals surface area contributed by atoms with Crippen LogP contribution in [-0.2, 0) is 16.7 Å². The third-order valence-electron chi connectivity index (χ3n) is 6.53. The Hall–Kier alpha value is -0.910. The van der Waals surface area contributed by atoms with Gasteiger partial charge in [0.25, 0.3) is 10.1 Å². The molecule has 1 rings (SSSR count). The summed E-state index contributed by atoms with van der Waals surface area (Å²) < 4.78 is 28.7. The number of rotatable bonds is 21. The zero-order valence-electron chi connectivity index (χ0n) is 23.6. The molecule has 0 saturated heterocycles. The van der Waals surface area contributed by atoms with Gasteiger partial charge in [-0.1, -0.05) is 134 Å². The Morgan fingerprint density at radius 1 is 0.629 bits per heavy atom. The lowest BCUT2D eigenvalue weighted by Gasteiger charge is -2.30. The van der Waals surface area contributed by atoms with E-state index in [0.29, 0.717) is 6.42 Å². The maximum atomic E-state index is 9.79. The first-order valence-electron chi connectivity index (χ1n) is 14.5. The first kappa shape index (κ1) is 34.1. The average Bonchev–Trinajstić information content (AvgIpc) is 2.79. The summed E-state index contributed by atoms with van der Waals surface area (Å²) in [5, 5.41) is 0. The van der Waals surface area contributed by atoms with Crippen LogP contribution in [0.4, 0.5) is 0 Å². The van der Waals surface area contributed by atoms with Crippen LogP contribution >= 0.6 is 0 Å². The maximum absolute atomic E-state index is 9.79. The molecule has 0 radical (unpaired) electrons. The van der Waals surface area contributed by atoms with E-state index in [1.54, 1.807) is 6.92 Å². The number of unbranched alkanes of at least 4 members (excludes halogenated alkanes) is 15. The molecule has 0 atom stereocenters. The Balaban J connectivity index is 0.00000143. The molecule has 0 amide bonds. The van der Waals surface area contributed by atoms with E-state index in [-0.39, 0.29) is 5.75 Å². The van der Waals surface area contributed by atoms with Gasteiger partial charge in [-0.3, -0.25) is 4.55 Å². The second-order valence-corrected chi connectivity index (χ2v) is 12.5. The summed E-state index contributed by atoms with van der Waals surface area (Å²) in [6.07, 6.45) is 23.6. The van der Waals surface area contributed by atoms with Crippen molar-refractivity contribution < 1.29 is 17.5 Å². The van der Waals surface area contributed by atoms with Gasteiger partial charge in [0.05, 0.1) is 26.4 Å². The fourth-order valence-corrected chi connectivity index (χ4v) is 5.02. The minimum Gasteiger partial charge on any atom is -0.325 e. The van der Waals surface area contributed by atoms with Gasteiger partial charge in [-0.2, -0.15) is 8.42 Å². The smallest absolute Gasteiger partial charge is 0.264 e. The summed E-state index contributed by atoms with van der Waals surface area (Å²) in [6.45, 7) is 6.44. The summed E-state index contributed by atoms with van der Waals surface area (Å²) in [5.74, 6) is -0.132. The molecule has 0 unspecified atom stereocenters. The fourth-order valence-electron chi connectivity index (χ4n) is 4.50. The van der Waals surface area contributed by atoms with E-state index in [1.807, 2.05) is 0 Å². The van der Waals surface area contributed by atoms with Crippen molar-refractivity contribution in [3.05, 3.63) is 35.9 Å². The predicted molar refractivity (Wildman–Crippen MR) is 153 cm³/mol. The summed E-state index contributed by atoms with van der Waals surface area (Å²) in [5.41, 5.74) is 1.46. The van der Waals surface area contributed by atoms with Gasteiger partial charge in [0, 0.05) is 5.56 Å². The molecule has 35 heavy (non-hydrogen) atoms. The van der Waals surface area contributed by atoms with Gasteiger partial charge in [-0.15, -0.1) is 0 Å². The van der Waals surface area contributed by atoms with Gasteiger partial charge in [0.1, 0.15) is 6.54 Å². The lowest BCUT2D eigenvalue weighted by atomic mass is 10.0. The van der Waals surface area contributed by atoms with Crippen LogP contribution in [-0.4, -0.2) is 43.8 Å². The zero-order valence-corrected chi connectivity index (χ0v) is 24.5. The number of hydrogen-bond acceptors (Lipinski definition) is 2. The van der Waals surface area contributed by atoms with E-state index in [1.165, 1.54) is 115 Å². The highest BCUT2D eigenvalue weighted by Gasteiger charge is 2.14. The van der Waals surface area contributed by atoms with Crippen LogP contribution in [0.5, 0.6) is 0 Å². The van der Waals surface area contributed by atoms with Crippen molar-refractivity contribution in [2.75, 3.05) is 26.4 Å². The molecule has 1 N–H and O–H groups in total. The van der Waals surface area contributed by atoms with Gasteiger partial charge in [0.15, 0.2) is 0 Å². The first-order chi connectivity index (χ1) is 16.7. The van der Waals surface area contributed by atoms with Gasteiger partial charge in [-0.05, 0) is 19.3 Å². The Morgan fingerprint density at radius 2 is 1.03 bits per heavy atom. The lowest BCUT2D eigenvalue weighted by molar-refractivity contribution is -0.903. The highest BCUT2D eigenvalue weighted by molar-refractivity contribution is 7.85. The summed E-state index contributed by atoms with van der Waals surface area (Å²) in [7, 11) is 1.07. The summed E-state index contributed by atoms with van der Waals surface area (Å²) in [4.78, 5) is 0. The minimum absolute atomic E-state index is 0.132. The Morgan fingerprint density at radius 3 is 1.37 bits per heavy atom. The molecule has 206 valence electrons. The van der Waals surface area contributed by atoms with E-state index in [9.17, 15) is 8.42 Å². The van der Waals surface area contributed by atoms with Crippen molar-refractivity contribution >= 4 is 10.1 Å². The third kappa shape index (κ3) is 26.0. The van der Waals surface area contributed by atoms with Crippen LogP contribution in [0.2, 0.25) is 0 Å². The molecule has 0 aliphatic heterocycles. The normalized spacial score (nSPS) is 11.8. The molecule has 5 heteroatoms. The Bertz CT molecular complexity index is 674. The summed E-state index contributed by atoms with van der Waals surface area (Å²) >= 11 is 0. The molecule has 0 spiro atoms. The fraction of sp³-hybridized carbons (Fsp3) is 0.800. The number of hydrogen-bond donors (Lipinski definition) is 1.